The highest BCUT2D eigenvalue weighted by Gasteiger charge is 2.35. The predicted octanol–water partition coefficient (Wildman–Crippen LogP) is 4.02. The molecule has 0 bridgehead atoms. The van der Waals surface area contributed by atoms with Crippen molar-refractivity contribution < 1.29 is 27.9 Å². The van der Waals surface area contributed by atoms with Crippen molar-refractivity contribution in [1.29, 1.82) is 5.26 Å². The van der Waals surface area contributed by atoms with E-state index in [0.29, 0.717) is 11.8 Å². The Morgan fingerprint density at radius 3 is 2.23 bits per heavy atom. The molecule has 158 valence electrons. The molecule has 0 aromatic heterocycles. The first kappa shape index (κ1) is 23.3. The fourth-order valence-electron chi connectivity index (χ4n) is 2.35. The summed E-state index contributed by atoms with van der Waals surface area (Å²) in [5, 5.41) is 24.1. The van der Waals surface area contributed by atoms with E-state index in [2.05, 4.69) is 10.6 Å². The second-order valence-corrected chi connectivity index (χ2v) is 7.64. The molecule has 0 aliphatic rings. The molecular formula is C20H18F3N3O3S. The first-order valence-corrected chi connectivity index (χ1v) is 9.56. The molecule has 2 rings (SSSR count). The molecule has 0 radical (unpaired) electrons. The van der Waals surface area contributed by atoms with Gasteiger partial charge in [-0.25, -0.2) is 0 Å². The number of halogens is 3. The minimum Gasteiger partial charge on any atom is -0.379 e. The van der Waals surface area contributed by atoms with Crippen LogP contribution in [0.1, 0.15) is 25.0 Å². The Kier molecular flexibility index (Phi) is 7.12. The molecule has 30 heavy (non-hydrogen) atoms. The molecule has 0 saturated carbocycles. The monoisotopic (exact) mass is 437 g/mol. The van der Waals surface area contributed by atoms with E-state index in [1.165, 1.54) is 19.9 Å². The maximum Gasteiger partial charge on any atom is 0.417 e. The lowest BCUT2D eigenvalue weighted by molar-refractivity contribution is -0.137. The fourth-order valence-corrected chi connectivity index (χ4v) is 3.25. The summed E-state index contributed by atoms with van der Waals surface area (Å²) in [5.41, 5.74) is -3.21. The van der Waals surface area contributed by atoms with E-state index in [0.717, 1.165) is 28.8 Å². The second kappa shape index (κ2) is 9.19. The van der Waals surface area contributed by atoms with Gasteiger partial charge in [-0.3, -0.25) is 9.59 Å². The average Bonchev–Trinajstić information content (AvgIpc) is 2.66. The predicted molar refractivity (Wildman–Crippen MR) is 107 cm³/mol. The minimum absolute atomic E-state index is 0.0687. The van der Waals surface area contributed by atoms with Crippen molar-refractivity contribution in [2.24, 2.45) is 0 Å². The third-order valence-electron chi connectivity index (χ3n) is 3.89. The van der Waals surface area contributed by atoms with Gasteiger partial charge >= 0.3 is 6.18 Å². The molecule has 6 nitrogen and oxygen atoms in total. The first-order valence-electron chi connectivity index (χ1n) is 8.58. The van der Waals surface area contributed by atoms with Crippen LogP contribution in [0.4, 0.5) is 24.5 Å². The van der Waals surface area contributed by atoms with Crippen molar-refractivity contribution in [2.75, 3.05) is 16.4 Å². The van der Waals surface area contributed by atoms with Crippen LogP contribution in [0.5, 0.6) is 0 Å². The Hall–Kier alpha value is -3.03. The van der Waals surface area contributed by atoms with Crippen LogP contribution < -0.4 is 10.6 Å². The maximum absolute atomic E-state index is 13.1. The summed E-state index contributed by atoms with van der Waals surface area (Å²) in [6.45, 7) is 2.62. The Morgan fingerprint density at radius 2 is 1.70 bits per heavy atom. The summed E-state index contributed by atoms with van der Waals surface area (Å²) in [6.07, 6.45) is -4.76. The number of hydrogen-bond acceptors (Lipinski definition) is 5. The molecule has 2 aromatic carbocycles. The van der Waals surface area contributed by atoms with E-state index < -0.39 is 28.8 Å². The van der Waals surface area contributed by atoms with Gasteiger partial charge < -0.3 is 15.7 Å². The lowest BCUT2D eigenvalue weighted by Crippen LogP contribution is -2.42. The van der Waals surface area contributed by atoms with E-state index >= 15 is 0 Å². The number of aliphatic hydroxyl groups is 1. The molecule has 0 heterocycles. The van der Waals surface area contributed by atoms with E-state index in [1.54, 1.807) is 24.3 Å². The van der Waals surface area contributed by atoms with Gasteiger partial charge in [0.25, 0.3) is 5.91 Å². The average molecular weight is 437 g/mol. The Morgan fingerprint density at radius 1 is 1.10 bits per heavy atom. The Bertz CT molecular complexity index is 984. The van der Waals surface area contributed by atoms with Crippen molar-refractivity contribution >= 4 is 35.0 Å². The molecule has 0 unspecified atom stereocenters. The van der Waals surface area contributed by atoms with Crippen molar-refractivity contribution in [3.8, 4) is 6.07 Å². The van der Waals surface area contributed by atoms with Crippen LogP contribution in [0.3, 0.4) is 0 Å². The highest BCUT2D eigenvalue weighted by Crippen LogP contribution is 2.34. The summed E-state index contributed by atoms with van der Waals surface area (Å²) in [6, 6.07) is 10.9. The zero-order chi connectivity index (χ0) is 22.5. The normalized spacial score (nSPS) is 13.1. The number of amides is 2. The summed E-state index contributed by atoms with van der Waals surface area (Å²) in [4.78, 5) is 24.1. The highest BCUT2D eigenvalue weighted by atomic mass is 32.2. The zero-order valence-electron chi connectivity index (χ0n) is 16.0. The van der Waals surface area contributed by atoms with Gasteiger partial charge in [-0.05, 0) is 49.4 Å². The van der Waals surface area contributed by atoms with Crippen LogP contribution in [0, 0.1) is 11.3 Å². The molecule has 0 aliphatic carbocycles. The van der Waals surface area contributed by atoms with Gasteiger partial charge in [-0.1, -0.05) is 0 Å². The summed E-state index contributed by atoms with van der Waals surface area (Å²) in [7, 11) is 0. The SMILES string of the molecule is CC(=O)Nc1ccc(SC[C@@](C)(O)C(=O)Nc2ccc(C#N)c(C(F)(F)F)c2)cc1. The van der Waals surface area contributed by atoms with Gasteiger partial charge in [0, 0.05) is 28.9 Å². The molecule has 2 amide bonds. The number of carbonyl (C=O) groups is 2. The zero-order valence-corrected chi connectivity index (χ0v) is 16.8. The molecule has 0 aliphatic heterocycles. The van der Waals surface area contributed by atoms with E-state index in [1.807, 2.05) is 0 Å². The largest absolute Gasteiger partial charge is 0.417 e. The third kappa shape index (κ3) is 6.23. The molecular weight excluding hydrogens is 419 g/mol. The Labute approximate surface area is 175 Å². The number of nitriles is 1. The highest BCUT2D eigenvalue weighted by molar-refractivity contribution is 7.99. The number of benzene rings is 2. The number of thioether (sulfide) groups is 1. The number of rotatable bonds is 6. The van der Waals surface area contributed by atoms with Gasteiger partial charge in [-0.15, -0.1) is 11.8 Å². The van der Waals surface area contributed by atoms with Crippen LogP contribution in [0.2, 0.25) is 0 Å². The topological polar surface area (TPSA) is 102 Å². The number of hydrogen-bond donors (Lipinski definition) is 3. The Balaban J connectivity index is 2.05. The van der Waals surface area contributed by atoms with E-state index in [4.69, 9.17) is 5.26 Å². The number of anilines is 2. The maximum atomic E-state index is 13.1. The van der Waals surface area contributed by atoms with Crippen molar-refractivity contribution in [2.45, 2.75) is 30.5 Å². The van der Waals surface area contributed by atoms with E-state index in [9.17, 15) is 27.9 Å². The number of alkyl halides is 3. The fraction of sp³-hybridized carbons (Fsp3) is 0.250. The van der Waals surface area contributed by atoms with Gasteiger partial charge in [0.2, 0.25) is 5.91 Å². The van der Waals surface area contributed by atoms with Crippen LogP contribution in [0.25, 0.3) is 0 Å². The molecule has 0 saturated heterocycles. The number of nitrogens with one attached hydrogen (secondary N) is 2. The van der Waals surface area contributed by atoms with Crippen LogP contribution in [-0.2, 0) is 15.8 Å². The number of carbonyl (C=O) groups excluding carboxylic acids is 2. The summed E-state index contributed by atoms with van der Waals surface area (Å²) in [5.74, 6) is -1.17. The molecule has 1 atom stereocenters. The van der Waals surface area contributed by atoms with Gasteiger partial charge in [-0.2, -0.15) is 18.4 Å². The van der Waals surface area contributed by atoms with Crippen LogP contribution >= 0.6 is 11.8 Å². The van der Waals surface area contributed by atoms with Crippen LogP contribution in [0.15, 0.2) is 47.4 Å². The third-order valence-corrected chi connectivity index (χ3v) is 5.20. The molecule has 0 spiro atoms. The molecule has 3 N–H and O–H groups in total. The van der Waals surface area contributed by atoms with Gasteiger partial charge in [0.1, 0.15) is 5.60 Å². The molecule has 2 aromatic rings. The van der Waals surface area contributed by atoms with Crippen molar-refractivity contribution in [1.82, 2.24) is 0 Å². The van der Waals surface area contributed by atoms with Crippen LogP contribution in [-0.4, -0.2) is 28.3 Å². The standard InChI is InChI=1S/C20H18F3N3O3S/c1-12(27)25-14-5-7-16(8-6-14)30-11-19(2,29)18(28)26-15-4-3-13(10-24)17(9-15)20(21,22)23/h3-9,29H,11H2,1-2H3,(H,25,27)(H,26,28)/t19-/m1/s1. The number of nitrogens with zero attached hydrogens (tertiary/aromatic N) is 1. The van der Waals surface area contributed by atoms with Gasteiger partial charge in [0.05, 0.1) is 17.2 Å². The minimum atomic E-state index is -4.76. The van der Waals surface area contributed by atoms with Crippen molar-refractivity contribution in [3.05, 3.63) is 53.6 Å². The molecule has 10 heteroatoms. The molecule has 0 fully saturated rings. The second-order valence-electron chi connectivity index (χ2n) is 6.59. The lowest BCUT2D eigenvalue weighted by Gasteiger charge is -2.22. The first-order chi connectivity index (χ1) is 13.9. The summed E-state index contributed by atoms with van der Waals surface area (Å²) < 4.78 is 39.2. The van der Waals surface area contributed by atoms with Crippen molar-refractivity contribution in [3.63, 3.8) is 0 Å². The van der Waals surface area contributed by atoms with Gasteiger partial charge in [0.15, 0.2) is 0 Å². The lowest BCUT2D eigenvalue weighted by atomic mass is 10.1. The summed E-state index contributed by atoms with van der Waals surface area (Å²) >= 11 is 1.16. The quantitative estimate of drug-likeness (QED) is 0.593. The smallest absolute Gasteiger partial charge is 0.379 e. The van der Waals surface area contributed by atoms with E-state index in [-0.39, 0.29) is 17.3 Å².